The van der Waals surface area contributed by atoms with E-state index in [4.69, 9.17) is 18.9 Å². The van der Waals surface area contributed by atoms with Gasteiger partial charge in [-0.05, 0) is 15.9 Å². The van der Waals surface area contributed by atoms with E-state index in [1.807, 2.05) is 0 Å². The minimum atomic E-state index is -1.13. The van der Waals surface area contributed by atoms with Gasteiger partial charge in [-0.25, -0.2) is 9.97 Å². The number of nitrogens with zero attached hydrogens (tertiary/aromatic N) is 3. The average Bonchev–Trinajstić information content (AvgIpc) is 3.14. The van der Waals surface area contributed by atoms with Crippen LogP contribution < -0.4 is 5.56 Å². The number of nitrogens with one attached hydrogen (secondary N) is 1. The molecule has 0 aromatic carbocycles. The van der Waals surface area contributed by atoms with E-state index in [1.165, 1.54) is 31.7 Å². The number of hydrogen-bond donors (Lipinski definition) is 1. The number of imidazole rings is 1. The van der Waals surface area contributed by atoms with Crippen LogP contribution in [0.4, 0.5) is 0 Å². The van der Waals surface area contributed by atoms with E-state index in [-0.39, 0.29) is 22.5 Å². The van der Waals surface area contributed by atoms with Crippen molar-refractivity contribution in [2.45, 2.75) is 45.3 Å². The summed E-state index contributed by atoms with van der Waals surface area (Å²) in [5, 5.41) is 0. The van der Waals surface area contributed by atoms with Crippen molar-refractivity contribution in [1.29, 1.82) is 0 Å². The number of esters is 3. The summed E-state index contributed by atoms with van der Waals surface area (Å²) in [4.78, 5) is 57.5. The van der Waals surface area contributed by atoms with Crippen LogP contribution in [0.3, 0.4) is 0 Å². The molecule has 3 rings (SSSR count). The summed E-state index contributed by atoms with van der Waals surface area (Å²) in [6.07, 6.45) is -2.95. The van der Waals surface area contributed by atoms with Gasteiger partial charge in [0.15, 0.2) is 34.3 Å². The van der Waals surface area contributed by atoms with Crippen molar-refractivity contribution >= 4 is 45.0 Å². The maximum absolute atomic E-state index is 12.4. The second-order valence-electron chi connectivity index (χ2n) is 6.20. The fourth-order valence-corrected chi connectivity index (χ4v) is 3.38. The molecule has 0 radical (unpaired) electrons. The van der Waals surface area contributed by atoms with Gasteiger partial charge < -0.3 is 18.9 Å². The number of fused-ring (bicyclic) bond motifs is 1. The first-order valence-electron chi connectivity index (χ1n) is 8.43. The first-order valence-corrected chi connectivity index (χ1v) is 9.22. The van der Waals surface area contributed by atoms with E-state index < -0.39 is 48.0 Å². The number of aromatic amines is 1. The molecular weight excluding hydrogens is 456 g/mol. The number of carbonyl (C=O) groups is 3. The lowest BCUT2D eigenvalue weighted by Gasteiger charge is -2.23. The van der Waals surface area contributed by atoms with Gasteiger partial charge in [-0.3, -0.25) is 28.7 Å². The van der Waals surface area contributed by atoms with Gasteiger partial charge in [-0.15, -0.1) is 0 Å². The van der Waals surface area contributed by atoms with Gasteiger partial charge in [0, 0.05) is 20.8 Å². The molecule has 0 aliphatic carbocycles. The molecule has 156 valence electrons. The Hall–Kier alpha value is -2.80. The monoisotopic (exact) mass is 472 g/mol. The van der Waals surface area contributed by atoms with Gasteiger partial charge in [0.25, 0.3) is 5.56 Å². The summed E-state index contributed by atoms with van der Waals surface area (Å²) >= 11 is 3.08. The summed E-state index contributed by atoms with van der Waals surface area (Å²) in [6, 6.07) is 0. The highest BCUT2D eigenvalue weighted by molar-refractivity contribution is 9.10. The minimum Gasteiger partial charge on any atom is -0.463 e. The average molecular weight is 473 g/mol. The smallest absolute Gasteiger partial charge is 0.303 e. The Morgan fingerprint density at radius 3 is 2.45 bits per heavy atom. The van der Waals surface area contributed by atoms with Gasteiger partial charge in [-0.2, -0.15) is 0 Å². The zero-order chi connectivity index (χ0) is 21.3. The van der Waals surface area contributed by atoms with Crippen molar-refractivity contribution in [2.75, 3.05) is 6.61 Å². The normalized spacial score (nSPS) is 23.7. The van der Waals surface area contributed by atoms with Crippen LogP contribution in [0.1, 0.15) is 27.0 Å². The zero-order valence-corrected chi connectivity index (χ0v) is 17.2. The SMILES string of the molecule is CC(=O)OC[C@@H]1O[C@H](n2cnc3nc(Br)[nH]c(=O)c32)[C@@H](OC(C)=O)[C@H]1OC(C)=O. The summed E-state index contributed by atoms with van der Waals surface area (Å²) < 4.78 is 23.0. The third kappa shape index (κ3) is 4.45. The number of hydrogen-bond acceptors (Lipinski definition) is 10. The van der Waals surface area contributed by atoms with Gasteiger partial charge in [0.1, 0.15) is 19.0 Å². The molecule has 1 N–H and O–H groups in total. The van der Waals surface area contributed by atoms with E-state index >= 15 is 0 Å². The molecule has 13 heteroatoms. The van der Waals surface area contributed by atoms with Crippen LogP contribution in [-0.4, -0.2) is 62.3 Å². The Balaban J connectivity index is 2.05. The van der Waals surface area contributed by atoms with E-state index in [1.54, 1.807) is 0 Å². The van der Waals surface area contributed by atoms with Crippen molar-refractivity contribution in [3.05, 3.63) is 21.4 Å². The van der Waals surface area contributed by atoms with Gasteiger partial charge in [0.2, 0.25) is 0 Å². The van der Waals surface area contributed by atoms with Crippen LogP contribution in [0.15, 0.2) is 15.9 Å². The van der Waals surface area contributed by atoms with E-state index in [2.05, 4.69) is 30.9 Å². The molecule has 1 saturated heterocycles. The van der Waals surface area contributed by atoms with E-state index in [0.717, 1.165) is 0 Å². The van der Waals surface area contributed by atoms with Crippen molar-refractivity contribution in [1.82, 2.24) is 19.5 Å². The first-order chi connectivity index (χ1) is 13.7. The standard InChI is InChI=1S/C16H17BrN4O8/c1-6(22)26-4-9-11(27-7(2)23)12(28-8(3)24)15(29-9)21-5-18-13-10(21)14(25)20-16(17)19-13/h5,9,11-12,15H,4H2,1-3H3,(H,19,20,25)/t9-,11-,12-,15-/m0/s1. The molecule has 1 aliphatic heterocycles. The zero-order valence-electron chi connectivity index (χ0n) is 15.6. The van der Waals surface area contributed by atoms with Crippen molar-refractivity contribution in [3.63, 3.8) is 0 Å². The third-order valence-electron chi connectivity index (χ3n) is 4.02. The molecule has 1 aliphatic rings. The molecule has 0 unspecified atom stereocenters. The topological polar surface area (TPSA) is 152 Å². The summed E-state index contributed by atoms with van der Waals surface area (Å²) in [5.74, 6) is -1.88. The highest BCUT2D eigenvalue weighted by Gasteiger charge is 2.51. The number of carbonyl (C=O) groups excluding carboxylic acids is 3. The fraction of sp³-hybridized carbons (Fsp3) is 0.500. The largest absolute Gasteiger partial charge is 0.463 e. The molecule has 29 heavy (non-hydrogen) atoms. The predicted octanol–water partition coefficient (Wildman–Crippen LogP) is 0.206. The van der Waals surface area contributed by atoms with Crippen molar-refractivity contribution in [3.8, 4) is 0 Å². The summed E-state index contributed by atoms with van der Waals surface area (Å²) in [5.41, 5.74) is -0.333. The van der Waals surface area contributed by atoms with Crippen LogP contribution in [0.2, 0.25) is 0 Å². The molecule has 0 spiro atoms. The Morgan fingerprint density at radius 2 is 1.83 bits per heavy atom. The summed E-state index contributed by atoms with van der Waals surface area (Å²) in [7, 11) is 0. The number of rotatable bonds is 5. The van der Waals surface area contributed by atoms with Crippen LogP contribution >= 0.6 is 15.9 Å². The second kappa shape index (κ2) is 8.29. The first kappa shape index (κ1) is 20.9. The number of H-pyrrole nitrogens is 1. The van der Waals surface area contributed by atoms with Crippen LogP contribution in [0, 0.1) is 0 Å². The number of aromatic nitrogens is 4. The molecule has 3 heterocycles. The Labute approximate surface area is 171 Å². The van der Waals surface area contributed by atoms with Crippen molar-refractivity contribution in [2.24, 2.45) is 0 Å². The Bertz CT molecular complexity index is 1020. The van der Waals surface area contributed by atoms with Crippen LogP contribution in [-0.2, 0) is 33.3 Å². The molecule has 2 aromatic rings. The molecule has 4 atom stereocenters. The molecule has 0 amide bonds. The minimum absolute atomic E-state index is 0.0602. The highest BCUT2D eigenvalue weighted by Crippen LogP contribution is 2.35. The fourth-order valence-electron chi connectivity index (χ4n) is 3.04. The lowest BCUT2D eigenvalue weighted by atomic mass is 10.1. The lowest BCUT2D eigenvalue weighted by molar-refractivity contribution is -0.166. The molecule has 2 aromatic heterocycles. The van der Waals surface area contributed by atoms with Crippen molar-refractivity contribution < 1.29 is 33.3 Å². The Kier molecular flexibility index (Phi) is 5.98. The van der Waals surface area contributed by atoms with E-state index in [0.29, 0.717) is 0 Å². The van der Waals surface area contributed by atoms with Crippen LogP contribution in [0.5, 0.6) is 0 Å². The molecule has 0 saturated carbocycles. The molecule has 0 bridgehead atoms. The van der Waals surface area contributed by atoms with Gasteiger partial charge in [0.05, 0.1) is 0 Å². The molecule has 12 nitrogen and oxygen atoms in total. The summed E-state index contributed by atoms with van der Waals surface area (Å²) in [6.45, 7) is 3.32. The molecule has 1 fully saturated rings. The Morgan fingerprint density at radius 1 is 1.17 bits per heavy atom. The predicted molar refractivity (Wildman–Crippen MR) is 97.5 cm³/mol. The maximum atomic E-state index is 12.4. The van der Waals surface area contributed by atoms with Gasteiger partial charge in [-0.1, -0.05) is 0 Å². The van der Waals surface area contributed by atoms with Crippen LogP contribution in [0.25, 0.3) is 11.2 Å². The highest BCUT2D eigenvalue weighted by atomic mass is 79.9. The quantitative estimate of drug-likeness (QED) is 0.362. The third-order valence-corrected chi connectivity index (χ3v) is 4.40. The number of halogens is 1. The van der Waals surface area contributed by atoms with E-state index in [9.17, 15) is 19.2 Å². The number of ether oxygens (including phenoxy) is 4. The van der Waals surface area contributed by atoms with Gasteiger partial charge >= 0.3 is 17.9 Å². The maximum Gasteiger partial charge on any atom is 0.303 e. The second-order valence-corrected chi connectivity index (χ2v) is 6.95. The molecular formula is C16H17BrN4O8. The lowest BCUT2D eigenvalue weighted by Crippen LogP contribution is -2.40.